The van der Waals surface area contributed by atoms with Gasteiger partial charge in [0, 0.05) is 89.4 Å². The summed E-state index contributed by atoms with van der Waals surface area (Å²) in [5, 5.41) is 8.40. The molecule has 48 heavy (non-hydrogen) atoms. The average molecular weight is 638 g/mol. The van der Waals surface area contributed by atoms with Gasteiger partial charge in [-0.25, -0.2) is 0 Å². The summed E-state index contributed by atoms with van der Waals surface area (Å²) in [5.74, 6) is 0. The molecule has 2 N–H and O–H groups in total. The number of aromatic amines is 1. The highest BCUT2D eigenvalue weighted by Gasteiger charge is 2.10. The zero-order chi connectivity index (χ0) is 34.4. The highest BCUT2D eigenvalue weighted by molar-refractivity contribution is 5.93. The first-order valence-corrected chi connectivity index (χ1v) is 16.4. The van der Waals surface area contributed by atoms with E-state index in [1.165, 1.54) is 55.1 Å². The summed E-state index contributed by atoms with van der Waals surface area (Å²) >= 11 is 0. The smallest absolute Gasteiger partial charge is 0.166 e. The van der Waals surface area contributed by atoms with Crippen LogP contribution in [0.25, 0.3) is 43.6 Å². The second-order valence-corrected chi connectivity index (χ2v) is 12.3. The van der Waals surface area contributed by atoms with Crippen LogP contribution in [0.15, 0.2) is 109 Å². The fourth-order valence-electron chi connectivity index (χ4n) is 6.59. The minimum absolute atomic E-state index is 0.765. The number of rotatable bonds is 3. The van der Waals surface area contributed by atoms with Gasteiger partial charge in [-0.15, -0.1) is 0 Å². The minimum atomic E-state index is 0.765. The number of hydrogen-bond acceptors (Lipinski definition) is 2. The van der Waals surface area contributed by atoms with Crippen molar-refractivity contribution in [1.29, 1.82) is 0 Å². The van der Waals surface area contributed by atoms with Gasteiger partial charge in [0.15, 0.2) is 6.29 Å². The van der Waals surface area contributed by atoms with E-state index in [1.807, 2.05) is 62.1 Å². The second-order valence-electron chi connectivity index (χ2n) is 12.3. The number of aromatic nitrogens is 4. The van der Waals surface area contributed by atoms with Crippen molar-refractivity contribution in [2.45, 2.75) is 34.2 Å². The predicted molar refractivity (Wildman–Crippen MR) is 204 cm³/mol. The molecule has 0 aliphatic rings. The van der Waals surface area contributed by atoms with Gasteiger partial charge in [-0.05, 0) is 81.3 Å². The summed E-state index contributed by atoms with van der Waals surface area (Å²) in [6.45, 7) is 9.35. The third-order valence-corrected chi connectivity index (χ3v) is 9.27. The Kier molecular flexibility index (Phi) is 10.7. The molecule has 0 aliphatic carbocycles. The summed E-state index contributed by atoms with van der Waals surface area (Å²) in [6, 6.07) is 33.3. The molecule has 8 rings (SSSR count). The topological polar surface area (TPSA) is 59.7 Å². The van der Waals surface area contributed by atoms with E-state index in [0.29, 0.717) is 0 Å². The van der Waals surface area contributed by atoms with Crippen molar-refractivity contribution < 1.29 is 4.79 Å². The molecule has 0 saturated heterocycles. The summed E-state index contributed by atoms with van der Waals surface area (Å²) in [5.41, 5.74) is 12.2. The van der Waals surface area contributed by atoms with Gasteiger partial charge in [0.25, 0.3) is 0 Å². The van der Waals surface area contributed by atoms with Gasteiger partial charge >= 0.3 is 0 Å². The van der Waals surface area contributed by atoms with E-state index >= 15 is 0 Å². The molecule has 0 fully saturated rings. The first-order chi connectivity index (χ1) is 23.2. The van der Waals surface area contributed by atoms with Crippen LogP contribution >= 0.6 is 0 Å². The first kappa shape index (κ1) is 34.0. The van der Waals surface area contributed by atoms with Crippen LogP contribution in [-0.2, 0) is 27.7 Å². The molecule has 0 amide bonds. The number of aryl methyl sites for hydroxylation is 7. The minimum Gasteiger partial charge on any atom is -0.361 e. The molecule has 246 valence electrons. The summed E-state index contributed by atoms with van der Waals surface area (Å²) < 4.78 is 6.35. The van der Waals surface area contributed by atoms with Crippen molar-refractivity contribution in [1.82, 2.24) is 24.0 Å². The van der Waals surface area contributed by atoms with Crippen molar-refractivity contribution in [3.63, 3.8) is 0 Å². The van der Waals surface area contributed by atoms with Crippen LogP contribution in [0.1, 0.15) is 38.4 Å². The highest BCUT2D eigenvalue weighted by Crippen LogP contribution is 2.25. The van der Waals surface area contributed by atoms with E-state index in [9.17, 15) is 4.79 Å². The molecule has 6 nitrogen and oxygen atoms in total. The number of carbonyl (C=O) groups is 1. The lowest BCUT2D eigenvalue weighted by Gasteiger charge is -2.03. The zero-order valence-electron chi connectivity index (χ0n) is 29.4. The molecular weight excluding hydrogens is 590 g/mol. The number of carbonyl (C=O) groups excluding carboxylic acids is 1. The van der Waals surface area contributed by atoms with Crippen LogP contribution in [0.5, 0.6) is 0 Å². The van der Waals surface area contributed by atoms with E-state index in [2.05, 4.69) is 127 Å². The lowest BCUT2D eigenvalue weighted by molar-refractivity contribution is 0.111. The van der Waals surface area contributed by atoms with E-state index in [-0.39, 0.29) is 0 Å². The SMILES string of the molecule is CNCc1c(C)c2ccccc2n1C.Cc1c(C=O)n(C)c2ccccc12.Cc1c[nH]c2ccccc12.Cc1cn(C)c2ccccc12. The van der Waals surface area contributed by atoms with Gasteiger partial charge in [0.1, 0.15) is 0 Å². The van der Waals surface area contributed by atoms with Crippen LogP contribution in [-0.4, -0.2) is 32.0 Å². The van der Waals surface area contributed by atoms with Crippen molar-refractivity contribution in [2.24, 2.45) is 21.1 Å². The lowest BCUT2D eigenvalue weighted by atomic mass is 10.1. The van der Waals surface area contributed by atoms with E-state index in [0.717, 1.165) is 35.0 Å². The van der Waals surface area contributed by atoms with E-state index < -0.39 is 0 Å². The Morgan fingerprint density at radius 3 is 1.69 bits per heavy atom. The number of aldehydes is 1. The lowest BCUT2D eigenvalue weighted by Crippen LogP contribution is -2.10. The maximum Gasteiger partial charge on any atom is 0.166 e. The largest absolute Gasteiger partial charge is 0.361 e. The zero-order valence-corrected chi connectivity index (χ0v) is 29.4. The van der Waals surface area contributed by atoms with E-state index in [4.69, 9.17) is 0 Å². The molecule has 4 aromatic heterocycles. The standard InChI is InChI=1S/C12H16N2.C11H11NO.C10H11N.C9H9N/c1-9-10-6-4-5-7-11(10)14(3)12(9)8-13-2;1-8-9-5-3-4-6-10(9)12(2)11(8)7-13;1-8-7-11(2)10-6-4-3-5-9(8)10;1-7-6-10-9-5-3-2-4-8(7)9/h4-7,13H,8H2,1-3H3;3-7H,1-2H3;3-7H,1-2H3;2-6,10H,1H3. The number of fused-ring (bicyclic) bond motifs is 4. The molecule has 0 aliphatic heterocycles. The van der Waals surface area contributed by atoms with Crippen molar-refractivity contribution in [2.75, 3.05) is 7.05 Å². The van der Waals surface area contributed by atoms with E-state index in [1.54, 1.807) is 0 Å². The molecule has 0 saturated carbocycles. The Morgan fingerprint density at radius 1 is 0.625 bits per heavy atom. The summed E-state index contributed by atoms with van der Waals surface area (Å²) in [7, 11) is 8.10. The van der Waals surface area contributed by atoms with Gasteiger partial charge in [-0.1, -0.05) is 72.8 Å². The number of H-pyrrole nitrogens is 1. The first-order valence-electron chi connectivity index (χ1n) is 16.4. The van der Waals surface area contributed by atoms with Crippen molar-refractivity contribution in [3.05, 3.63) is 143 Å². The van der Waals surface area contributed by atoms with Crippen LogP contribution in [0.4, 0.5) is 0 Å². The Morgan fingerprint density at radius 2 is 1.15 bits per heavy atom. The van der Waals surface area contributed by atoms with Gasteiger partial charge < -0.3 is 24.0 Å². The molecule has 6 heteroatoms. The molecule has 0 bridgehead atoms. The fraction of sp³-hybridized carbons (Fsp3) is 0.214. The Labute approximate surface area is 283 Å². The van der Waals surface area contributed by atoms with Crippen molar-refractivity contribution >= 4 is 49.9 Å². The third kappa shape index (κ3) is 6.85. The molecule has 0 unspecified atom stereocenters. The Bertz CT molecular complexity index is 2200. The summed E-state index contributed by atoms with van der Waals surface area (Å²) in [4.78, 5) is 14.0. The number of benzene rings is 4. The monoisotopic (exact) mass is 637 g/mol. The molecule has 8 aromatic rings. The second kappa shape index (κ2) is 15.1. The van der Waals surface area contributed by atoms with Crippen LogP contribution in [0.2, 0.25) is 0 Å². The molecule has 0 atom stereocenters. The van der Waals surface area contributed by atoms with Crippen molar-refractivity contribution in [3.8, 4) is 0 Å². The van der Waals surface area contributed by atoms with Gasteiger partial charge in [0.05, 0.1) is 5.69 Å². The van der Waals surface area contributed by atoms with Crippen LogP contribution < -0.4 is 5.32 Å². The number of hydrogen-bond donors (Lipinski definition) is 2. The molecular formula is C42H47N5O. The normalized spacial score (nSPS) is 10.8. The van der Waals surface area contributed by atoms with Gasteiger partial charge in [-0.3, -0.25) is 4.79 Å². The Hall–Kier alpha value is -5.33. The maximum atomic E-state index is 10.8. The molecule has 4 heterocycles. The quantitative estimate of drug-likeness (QED) is 0.190. The van der Waals surface area contributed by atoms with Crippen LogP contribution in [0.3, 0.4) is 0 Å². The average Bonchev–Trinajstić information content (AvgIpc) is 3.79. The molecule has 0 spiro atoms. The number of nitrogens with zero attached hydrogens (tertiary/aromatic N) is 3. The molecule has 0 radical (unpaired) electrons. The fourth-order valence-corrected chi connectivity index (χ4v) is 6.59. The van der Waals surface area contributed by atoms with Gasteiger partial charge in [0.2, 0.25) is 0 Å². The maximum absolute atomic E-state index is 10.8. The van der Waals surface area contributed by atoms with Gasteiger partial charge in [-0.2, -0.15) is 0 Å². The van der Waals surface area contributed by atoms with Crippen LogP contribution in [0, 0.1) is 27.7 Å². The molecule has 4 aromatic carbocycles. The third-order valence-electron chi connectivity index (χ3n) is 9.27. The number of para-hydroxylation sites is 4. The summed E-state index contributed by atoms with van der Waals surface area (Å²) in [6.07, 6.45) is 5.10. The predicted octanol–water partition coefficient (Wildman–Crippen LogP) is 9.47. The highest BCUT2D eigenvalue weighted by atomic mass is 16.1. The Balaban J connectivity index is 0.000000126. The number of nitrogens with one attached hydrogen (secondary N) is 2.